The molecule has 4 aromatic carbocycles. The predicted molar refractivity (Wildman–Crippen MR) is 154 cm³/mol. The fourth-order valence-electron chi connectivity index (χ4n) is 6.55. The van der Waals surface area contributed by atoms with Crippen LogP contribution in [0, 0.1) is 17.8 Å². The van der Waals surface area contributed by atoms with E-state index in [1.165, 1.54) is 4.90 Å². The van der Waals surface area contributed by atoms with Crippen LogP contribution in [0.3, 0.4) is 0 Å². The van der Waals surface area contributed by atoms with E-state index in [0.717, 1.165) is 27.5 Å². The Kier molecular flexibility index (Phi) is 5.89. The normalized spacial score (nSPS) is 22.9. The first-order chi connectivity index (χ1) is 20.0. The van der Waals surface area contributed by atoms with Crippen molar-refractivity contribution in [1.29, 1.82) is 0 Å². The maximum atomic E-state index is 14.2. The van der Waals surface area contributed by atoms with Crippen molar-refractivity contribution >= 4 is 39.8 Å². The van der Waals surface area contributed by atoms with E-state index in [9.17, 15) is 14.4 Å². The van der Waals surface area contributed by atoms with E-state index < -0.39 is 35.5 Å². The smallest absolute Gasteiger partial charge is 0.319 e. The lowest BCUT2D eigenvalue weighted by atomic mass is 9.64. The van der Waals surface area contributed by atoms with Crippen LogP contribution >= 0.6 is 0 Å². The number of fused-ring (bicyclic) bond motifs is 7. The number of amides is 2. The number of methoxy groups -OCH3 is 1. The maximum absolute atomic E-state index is 14.2. The summed E-state index contributed by atoms with van der Waals surface area (Å²) >= 11 is 0. The van der Waals surface area contributed by atoms with Crippen LogP contribution in [-0.2, 0) is 14.4 Å². The van der Waals surface area contributed by atoms with E-state index in [0.29, 0.717) is 29.5 Å². The van der Waals surface area contributed by atoms with Crippen molar-refractivity contribution in [3.63, 3.8) is 0 Å². The van der Waals surface area contributed by atoms with Crippen LogP contribution in [0.2, 0.25) is 0 Å². The number of ether oxygens (including phenoxy) is 3. The molecule has 1 aliphatic carbocycles. The molecule has 1 fully saturated rings. The highest BCUT2D eigenvalue weighted by atomic mass is 16.5. The van der Waals surface area contributed by atoms with Gasteiger partial charge in [0.2, 0.25) is 11.8 Å². The Morgan fingerprint density at radius 1 is 0.805 bits per heavy atom. The molecule has 204 valence electrons. The van der Waals surface area contributed by atoms with Crippen LogP contribution in [0.1, 0.15) is 24.0 Å². The van der Waals surface area contributed by atoms with Gasteiger partial charge >= 0.3 is 5.97 Å². The molecule has 7 nitrogen and oxygen atoms in total. The third-order valence-electron chi connectivity index (χ3n) is 8.39. The first-order valence-corrected chi connectivity index (χ1v) is 13.7. The van der Waals surface area contributed by atoms with Crippen molar-refractivity contribution in [2.45, 2.75) is 12.8 Å². The maximum Gasteiger partial charge on any atom is 0.319 e. The molecule has 2 amide bonds. The number of esters is 1. The molecule has 0 unspecified atom stereocenters. The van der Waals surface area contributed by atoms with Crippen molar-refractivity contribution in [2.75, 3.05) is 18.6 Å². The molecule has 2 aliphatic heterocycles. The molecule has 0 spiro atoms. The second kappa shape index (κ2) is 9.63. The van der Waals surface area contributed by atoms with Gasteiger partial charge in [0.1, 0.15) is 17.2 Å². The number of hydrogen-bond donors (Lipinski definition) is 0. The molecule has 0 aromatic heterocycles. The van der Waals surface area contributed by atoms with Crippen LogP contribution in [-0.4, -0.2) is 31.5 Å². The number of anilines is 1. The minimum Gasteiger partial charge on any atom is -0.497 e. The van der Waals surface area contributed by atoms with Gasteiger partial charge in [-0.1, -0.05) is 54.6 Å². The van der Waals surface area contributed by atoms with Gasteiger partial charge in [-0.15, -0.1) is 0 Å². The topological polar surface area (TPSA) is 82.1 Å². The average molecular weight is 546 g/mol. The lowest BCUT2D eigenvalue weighted by Gasteiger charge is -2.38. The average Bonchev–Trinajstić information content (AvgIpc) is 3.27. The Morgan fingerprint density at radius 2 is 1.51 bits per heavy atom. The van der Waals surface area contributed by atoms with Gasteiger partial charge in [0, 0.05) is 16.9 Å². The van der Waals surface area contributed by atoms with Crippen LogP contribution < -0.4 is 19.1 Å². The summed E-state index contributed by atoms with van der Waals surface area (Å²) in [6, 6.07) is 26.1. The van der Waals surface area contributed by atoms with Gasteiger partial charge in [0.15, 0.2) is 0 Å². The van der Waals surface area contributed by atoms with Crippen LogP contribution in [0.5, 0.6) is 17.2 Å². The second-order valence-electron chi connectivity index (χ2n) is 10.5. The SMILES string of the molecule is CCOc1ccc(N2C(=O)[C@@H]3[C@@H]4C(=O)Oc5c(ccc6ccccc56)C4=C[C@@H](c4ccc(OC)cc4)[C@H]3C2=O)cc1. The van der Waals surface area contributed by atoms with Crippen molar-refractivity contribution < 1.29 is 28.6 Å². The van der Waals surface area contributed by atoms with Crippen LogP contribution in [0.4, 0.5) is 5.69 Å². The molecule has 0 radical (unpaired) electrons. The van der Waals surface area contributed by atoms with Gasteiger partial charge in [0.25, 0.3) is 0 Å². The van der Waals surface area contributed by atoms with Crippen LogP contribution in [0.15, 0.2) is 91.0 Å². The molecule has 41 heavy (non-hydrogen) atoms. The summed E-state index contributed by atoms with van der Waals surface area (Å²) in [6.07, 6.45) is 1.99. The number of carbonyl (C=O) groups is 3. The summed E-state index contributed by atoms with van der Waals surface area (Å²) in [5.41, 5.74) is 2.80. The van der Waals surface area contributed by atoms with Gasteiger partial charge in [-0.05, 0) is 59.8 Å². The summed E-state index contributed by atoms with van der Waals surface area (Å²) in [6.45, 7) is 2.39. The number of allylic oxidation sites excluding steroid dienone is 1. The molecule has 1 saturated heterocycles. The molecule has 2 heterocycles. The molecule has 7 heteroatoms. The van der Waals surface area contributed by atoms with E-state index in [-0.39, 0.29) is 5.91 Å². The fraction of sp³-hybridized carbons (Fsp3) is 0.206. The zero-order valence-corrected chi connectivity index (χ0v) is 22.6. The van der Waals surface area contributed by atoms with Gasteiger partial charge in [-0.2, -0.15) is 0 Å². The van der Waals surface area contributed by atoms with Gasteiger partial charge in [-0.25, -0.2) is 4.90 Å². The number of rotatable bonds is 5. The lowest BCUT2D eigenvalue weighted by molar-refractivity contribution is -0.142. The summed E-state index contributed by atoms with van der Waals surface area (Å²) in [5, 5.41) is 1.78. The first-order valence-electron chi connectivity index (χ1n) is 13.7. The van der Waals surface area contributed by atoms with E-state index >= 15 is 0 Å². The molecule has 7 rings (SSSR count). The molecule has 0 bridgehead atoms. The first kappa shape index (κ1) is 25.1. The third kappa shape index (κ3) is 3.84. The highest BCUT2D eigenvalue weighted by Gasteiger charge is 2.60. The van der Waals surface area contributed by atoms with Crippen LogP contribution in [0.25, 0.3) is 16.3 Å². The Balaban J connectivity index is 1.39. The Morgan fingerprint density at radius 3 is 2.24 bits per heavy atom. The highest BCUT2D eigenvalue weighted by Crippen LogP contribution is 2.55. The standard InChI is InChI=1S/C34H27NO6/c1-3-40-23-15-11-21(12-16-23)35-32(36)28-26(20-8-13-22(39-2)14-9-20)18-27-25-17-10-19-6-4-5-7-24(19)31(25)41-34(38)29(27)30(28)33(35)37/h4-18,26,28-30H,3H2,1-2H3/t26-,28+,29+,30-/m0/s1. The molecular formula is C34H27NO6. The van der Waals surface area contributed by atoms with Crippen molar-refractivity contribution in [1.82, 2.24) is 0 Å². The van der Waals surface area contributed by atoms with E-state index in [1.807, 2.05) is 73.7 Å². The van der Waals surface area contributed by atoms with Gasteiger partial charge in [0.05, 0.1) is 37.2 Å². The summed E-state index contributed by atoms with van der Waals surface area (Å²) in [5.74, 6) is -2.45. The Bertz CT molecular complexity index is 1740. The molecule has 0 N–H and O–H groups in total. The van der Waals surface area contributed by atoms with Gasteiger partial charge < -0.3 is 14.2 Å². The molecule has 4 atom stereocenters. The molecule has 3 aliphatic rings. The molecule has 0 saturated carbocycles. The summed E-state index contributed by atoms with van der Waals surface area (Å²) in [4.78, 5) is 43.3. The number of imide groups is 1. The van der Waals surface area contributed by atoms with Crippen molar-refractivity contribution in [3.05, 3.63) is 102 Å². The number of hydrogen-bond acceptors (Lipinski definition) is 6. The van der Waals surface area contributed by atoms with E-state index in [4.69, 9.17) is 14.2 Å². The minimum absolute atomic E-state index is 0.336. The summed E-state index contributed by atoms with van der Waals surface area (Å²) < 4.78 is 16.9. The van der Waals surface area contributed by atoms with E-state index in [2.05, 4.69) is 0 Å². The van der Waals surface area contributed by atoms with Crippen molar-refractivity contribution in [2.24, 2.45) is 17.8 Å². The van der Waals surface area contributed by atoms with E-state index in [1.54, 1.807) is 31.4 Å². The molecule has 4 aromatic rings. The third-order valence-corrected chi connectivity index (χ3v) is 8.39. The summed E-state index contributed by atoms with van der Waals surface area (Å²) in [7, 11) is 1.60. The Labute approximate surface area is 236 Å². The number of benzene rings is 4. The fourth-order valence-corrected chi connectivity index (χ4v) is 6.55. The Hall–Kier alpha value is -4.91. The predicted octanol–water partition coefficient (Wildman–Crippen LogP) is 5.77. The minimum atomic E-state index is -0.909. The number of carbonyl (C=O) groups excluding carboxylic acids is 3. The largest absolute Gasteiger partial charge is 0.497 e. The second-order valence-corrected chi connectivity index (χ2v) is 10.5. The number of nitrogens with zero attached hydrogens (tertiary/aromatic N) is 1. The van der Waals surface area contributed by atoms with Crippen molar-refractivity contribution in [3.8, 4) is 17.2 Å². The zero-order valence-electron chi connectivity index (χ0n) is 22.6. The van der Waals surface area contributed by atoms with Gasteiger partial charge in [-0.3, -0.25) is 14.4 Å². The zero-order chi connectivity index (χ0) is 28.2. The quantitative estimate of drug-likeness (QED) is 0.180. The molecular weight excluding hydrogens is 518 g/mol. The highest BCUT2D eigenvalue weighted by molar-refractivity contribution is 6.24. The lowest BCUT2D eigenvalue weighted by Crippen LogP contribution is -2.42. The monoisotopic (exact) mass is 545 g/mol.